The van der Waals surface area contributed by atoms with E-state index in [0.717, 1.165) is 5.41 Å². The van der Waals surface area contributed by atoms with Crippen molar-refractivity contribution in [1.29, 1.82) is 5.26 Å². The molecule has 0 spiro atoms. The first kappa shape index (κ1) is 8.51. The molecule has 0 aromatic carbocycles. The van der Waals surface area contributed by atoms with Crippen molar-refractivity contribution in [3.8, 4) is 6.07 Å². The van der Waals surface area contributed by atoms with Gasteiger partial charge < -0.3 is 0 Å². The van der Waals surface area contributed by atoms with Gasteiger partial charge in [-0.3, -0.25) is 0 Å². The van der Waals surface area contributed by atoms with Crippen molar-refractivity contribution in [3.05, 3.63) is 34.2 Å². The maximum Gasteiger partial charge on any atom is 0.266 e. The van der Waals surface area contributed by atoms with E-state index in [1.807, 2.05) is 0 Å². The highest BCUT2D eigenvalue weighted by Crippen LogP contribution is 2.17. The first-order valence-electron chi connectivity index (χ1n) is 3.00. The third-order valence-electron chi connectivity index (χ3n) is 1.36. The Bertz CT molecular complexity index is 427. The van der Waals surface area contributed by atoms with Crippen molar-refractivity contribution in [2.45, 2.75) is 0 Å². The molecule has 0 unspecified atom stereocenters. The van der Waals surface area contributed by atoms with Crippen LogP contribution in [-0.2, 0) is 9.84 Å². The van der Waals surface area contributed by atoms with Crippen LogP contribution in [0.2, 0.25) is 0 Å². The van der Waals surface area contributed by atoms with Gasteiger partial charge in [0.1, 0.15) is 0 Å². The lowest BCUT2D eigenvalue weighted by Gasteiger charge is -1.90. The van der Waals surface area contributed by atoms with Crippen LogP contribution < -0.4 is 0 Å². The predicted octanol–water partition coefficient (Wildman–Crippen LogP) is 0.625. The van der Waals surface area contributed by atoms with Crippen LogP contribution in [-0.4, -0.2) is 14.2 Å². The van der Waals surface area contributed by atoms with E-state index in [-0.39, 0.29) is 17.0 Å². The highest BCUT2D eigenvalue weighted by atomic mass is 32.2. The Kier molecular flexibility index (Phi) is 1.99. The molecule has 60 valence electrons. The zero-order chi connectivity index (χ0) is 9.19. The fourth-order valence-electron chi connectivity index (χ4n) is 0.815. The Labute approximate surface area is 70.2 Å². The summed E-state index contributed by atoms with van der Waals surface area (Å²) in [6, 6.07) is 1.64. The van der Waals surface area contributed by atoms with Crippen LogP contribution >= 0.6 is 0 Å². The Morgan fingerprint density at radius 2 is 2.42 bits per heavy atom. The first-order chi connectivity index (χ1) is 5.59. The van der Waals surface area contributed by atoms with Crippen molar-refractivity contribution in [2.24, 2.45) is 0 Å². The van der Waals surface area contributed by atoms with Gasteiger partial charge in [-0.2, -0.15) is 0 Å². The van der Waals surface area contributed by atoms with E-state index in [4.69, 9.17) is 11.8 Å². The molecule has 0 aliphatic carbocycles. The minimum absolute atomic E-state index is 0.146. The average Bonchev–Trinajstić information content (AvgIpc) is 2.34. The second-order valence-corrected chi connectivity index (χ2v) is 4.09. The quantitative estimate of drug-likeness (QED) is 0.405. The number of hydrogen-bond donors (Lipinski definition) is 0. The molecule has 0 bridgehead atoms. The molecule has 1 aliphatic heterocycles. The van der Waals surface area contributed by atoms with Crippen molar-refractivity contribution >= 4 is 9.84 Å². The van der Waals surface area contributed by atoms with Gasteiger partial charge in [0.15, 0.2) is 9.84 Å². The molecular formula is C7H4N2O2S. The lowest BCUT2D eigenvalue weighted by Crippen LogP contribution is -1.97. The minimum Gasteiger partial charge on any atom is -0.226 e. The summed E-state index contributed by atoms with van der Waals surface area (Å²) in [5.74, 6) is -0.224. The van der Waals surface area contributed by atoms with Crippen LogP contribution in [0.5, 0.6) is 0 Å². The summed E-state index contributed by atoms with van der Waals surface area (Å²) in [6.45, 7) is 6.57. The molecule has 4 nitrogen and oxygen atoms in total. The van der Waals surface area contributed by atoms with E-state index in [1.165, 1.54) is 6.08 Å². The number of allylic oxidation sites excluding steroid dienone is 2. The fraction of sp³-hybridized carbons (Fsp3) is 0.143. The molecule has 0 N–H and O–H groups in total. The van der Waals surface area contributed by atoms with Crippen molar-refractivity contribution in [1.82, 2.24) is 0 Å². The van der Waals surface area contributed by atoms with Crippen molar-refractivity contribution in [3.63, 3.8) is 0 Å². The fourth-order valence-corrected chi connectivity index (χ4v) is 1.95. The number of rotatable bonds is 0. The summed E-state index contributed by atoms with van der Waals surface area (Å²) in [7, 11) is -3.19. The zero-order valence-electron chi connectivity index (χ0n) is 5.98. The van der Waals surface area contributed by atoms with Crippen molar-refractivity contribution < 1.29 is 8.42 Å². The first-order valence-corrected chi connectivity index (χ1v) is 4.72. The highest BCUT2D eigenvalue weighted by molar-refractivity contribution is 7.94. The third-order valence-corrected chi connectivity index (χ3v) is 2.62. The summed E-state index contributed by atoms with van der Waals surface area (Å²) < 4.78 is 21.7. The molecule has 0 saturated carbocycles. The molecule has 0 fully saturated rings. The summed E-state index contributed by atoms with van der Waals surface area (Å²) in [5.41, 5.74) is 0.139. The van der Waals surface area contributed by atoms with E-state index in [0.29, 0.717) is 0 Å². The van der Waals surface area contributed by atoms with Gasteiger partial charge in [0, 0.05) is 5.41 Å². The largest absolute Gasteiger partial charge is 0.266 e. The lowest BCUT2D eigenvalue weighted by molar-refractivity contribution is 0.608. The predicted molar refractivity (Wildman–Crippen MR) is 42.2 cm³/mol. The minimum atomic E-state index is -3.19. The Morgan fingerprint density at radius 1 is 1.75 bits per heavy atom. The third kappa shape index (κ3) is 1.52. The Balaban J connectivity index is 3.17. The molecule has 1 aliphatic rings. The molecule has 0 aromatic heterocycles. The maximum atomic E-state index is 10.8. The summed E-state index contributed by atoms with van der Waals surface area (Å²) in [5, 5.41) is 9.43. The number of hydrogen-bond acceptors (Lipinski definition) is 3. The summed E-state index contributed by atoms with van der Waals surface area (Å²) in [6.07, 6.45) is 1.30. The van der Waals surface area contributed by atoms with Gasteiger partial charge in [0.25, 0.3) is 5.70 Å². The van der Waals surface area contributed by atoms with E-state index in [2.05, 4.69) is 4.85 Å². The van der Waals surface area contributed by atoms with Crippen molar-refractivity contribution in [2.75, 3.05) is 5.75 Å². The molecule has 1 heterocycles. The van der Waals surface area contributed by atoms with E-state index < -0.39 is 9.84 Å². The van der Waals surface area contributed by atoms with Crippen LogP contribution in [0.15, 0.2) is 22.8 Å². The molecule has 0 radical (unpaired) electrons. The van der Waals surface area contributed by atoms with Crippen LogP contribution in [0.1, 0.15) is 0 Å². The van der Waals surface area contributed by atoms with Crippen LogP contribution in [0, 0.1) is 17.9 Å². The number of nitrogens with zero attached hydrogens (tertiary/aromatic N) is 2. The molecule has 0 aromatic rings. The van der Waals surface area contributed by atoms with E-state index in [9.17, 15) is 8.42 Å². The van der Waals surface area contributed by atoms with E-state index in [1.54, 1.807) is 6.07 Å². The van der Waals surface area contributed by atoms with E-state index >= 15 is 0 Å². The van der Waals surface area contributed by atoms with Gasteiger partial charge >= 0.3 is 0 Å². The zero-order valence-corrected chi connectivity index (χ0v) is 6.80. The molecular weight excluding hydrogens is 176 g/mol. The van der Waals surface area contributed by atoms with Crippen LogP contribution in [0.4, 0.5) is 0 Å². The normalized spacial score (nSPS) is 22.8. The second kappa shape index (κ2) is 2.80. The Hall–Kier alpha value is -1.59. The maximum absolute atomic E-state index is 10.8. The molecule has 0 atom stereocenters. The molecule has 1 rings (SSSR count). The number of sulfone groups is 1. The van der Waals surface area contributed by atoms with Gasteiger partial charge in [0.2, 0.25) is 0 Å². The smallest absolute Gasteiger partial charge is 0.226 e. The summed E-state index contributed by atoms with van der Waals surface area (Å²) in [4.78, 5) is 2.91. The molecule has 0 saturated heterocycles. The van der Waals surface area contributed by atoms with Gasteiger partial charge in [-0.15, -0.1) is 0 Å². The Morgan fingerprint density at radius 3 is 2.75 bits per heavy atom. The SMILES string of the molecule is [C-]#[N+]C(C#N)=C1C=CS(=O)(=O)C1. The average molecular weight is 180 g/mol. The van der Waals surface area contributed by atoms with Gasteiger partial charge in [0.05, 0.1) is 18.4 Å². The highest BCUT2D eigenvalue weighted by Gasteiger charge is 2.18. The monoisotopic (exact) mass is 180 g/mol. The van der Waals surface area contributed by atoms with Crippen LogP contribution in [0.3, 0.4) is 0 Å². The number of nitriles is 1. The topological polar surface area (TPSA) is 62.3 Å². The van der Waals surface area contributed by atoms with Gasteiger partial charge in [-0.1, -0.05) is 6.08 Å². The second-order valence-electron chi connectivity index (χ2n) is 2.21. The van der Waals surface area contributed by atoms with Gasteiger partial charge in [-0.05, 0) is 5.57 Å². The standard InChI is InChI=1S/C7H4N2O2S/c1-9-7(4-8)6-2-3-12(10,11)5-6/h2-3H,5H2. The van der Waals surface area contributed by atoms with Crippen LogP contribution in [0.25, 0.3) is 4.85 Å². The molecule has 5 heteroatoms. The molecule has 0 amide bonds. The molecule has 12 heavy (non-hydrogen) atoms. The van der Waals surface area contributed by atoms with Gasteiger partial charge in [-0.25, -0.2) is 18.5 Å². The lowest BCUT2D eigenvalue weighted by atomic mass is 10.2. The summed E-state index contributed by atoms with van der Waals surface area (Å²) >= 11 is 0.